The van der Waals surface area contributed by atoms with Crippen LogP contribution in [0.2, 0.25) is 0 Å². The Morgan fingerprint density at radius 2 is 1.79 bits per heavy atom. The molecule has 0 atom stereocenters. The number of pyridine rings is 1. The first-order valence-electron chi connectivity index (χ1n) is 10.4. The molecule has 0 spiro atoms. The van der Waals surface area contributed by atoms with Crippen LogP contribution in [0.5, 0.6) is 5.75 Å². The summed E-state index contributed by atoms with van der Waals surface area (Å²) in [7, 11) is 1.59. The number of para-hydroxylation sites is 1. The molecule has 2 aromatic carbocycles. The molecule has 168 valence electrons. The van der Waals surface area contributed by atoms with E-state index in [0.29, 0.717) is 17.1 Å². The van der Waals surface area contributed by atoms with E-state index in [4.69, 9.17) is 4.74 Å². The van der Waals surface area contributed by atoms with Crippen molar-refractivity contribution in [2.45, 2.75) is 18.7 Å². The predicted molar refractivity (Wildman–Crippen MR) is 131 cm³/mol. The van der Waals surface area contributed by atoms with Crippen molar-refractivity contribution in [2.75, 3.05) is 23.5 Å². The maximum Gasteiger partial charge on any atom is 0.275 e. The van der Waals surface area contributed by atoms with Crippen molar-refractivity contribution >= 4 is 40.6 Å². The van der Waals surface area contributed by atoms with Gasteiger partial charge < -0.3 is 19.8 Å². The zero-order chi connectivity index (χ0) is 23.4. The van der Waals surface area contributed by atoms with Gasteiger partial charge in [-0.05, 0) is 67.9 Å². The van der Waals surface area contributed by atoms with Gasteiger partial charge in [0.25, 0.3) is 5.91 Å². The van der Waals surface area contributed by atoms with E-state index in [0.717, 1.165) is 27.5 Å². The molecule has 0 saturated carbocycles. The number of carbonyl (C=O) groups excluding carboxylic acids is 2. The minimum Gasteiger partial charge on any atom is -0.497 e. The number of fused-ring (bicyclic) bond motifs is 1. The second-order valence-corrected chi connectivity index (χ2v) is 8.56. The molecular weight excluding hydrogens is 436 g/mol. The maximum atomic E-state index is 12.9. The number of benzene rings is 2. The lowest BCUT2D eigenvalue weighted by molar-refractivity contribution is -0.113. The largest absolute Gasteiger partial charge is 0.497 e. The highest BCUT2D eigenvalue weighted by molar-refractivity contribution is 8.00. The molecule has 2 N–H and O–H groups in total. The van der Waals surface area contributed by atoms with Crippen LogP contribution in [0.4, 0.5) is 11.4 Å². The van der Waals surface area contributed by atoms with Gasteiger partial charge in [0, 0.05) is 22.5 Å². The van der Waals surface area contributed by atoms with Gasteiger partial charge in [-0.15, -0.1) is 11.8 Å². The minimum atomic E-state index is -0.300. The lowest BCUT2D eigenvalue weighted by Gasteiger charge is -2.10. The Morgan fingerprint density at radius 1 is 1.03 bits per heavy atom. The molecule has 8 heteroatoms. The number of methoxy groups -OCH3 is 1. The Hall–Kier alpha value is -3.78. The number of aryl methyl sites for hydroxylation is 2. The van der Waals surface area contributed by atoms with Crippen molar-refractivity contribution in [1.29, 1.82) is 0 Å². The number of amides is 2. The summed E-state index contributed by atoms with van der Waals surface area (Å²) in [5.41, 5.74) is 4.49. The molecule has 2 heterocycles. The molecule has 7 nitrogen and oxygen atoms in total. The van der Waals surface area contributed by atoms with E-state index in [2.05, 4.69) is 15.6 Å². The minimum absolute atomic E-state index is 0.141. The average Bonchev–Trinajstić information content (AvgIpc) is 3.24. The number of imidazole rings is 1. The van der Waals surface area contributed by atoms with Crippen LogP contribution in [0.15, 0.2) is 71.8 Å². The summed E-state index contributed by atoms with van der Waals surface area (Å²) in [6, 6.07) is 18.5. The Bertz CT molecular complexity index is 1320. The molecule has 0 bridgehead atoms. The monoisotopic (exact) mass is 460 g/mol. The molecule has 0 aliphatic heterocycles. The van der Waals surface area contributed by atoms with Crippen LogP contribution in [-0.4, -0.2) is 34.1 Å². The van der Waals surface area contributed by atoms with Crippen molar-refractivity contribution < 1.29 is 14.3 Å². The molecule has 4 aromatic rings. The summed E-state index contributed by atoms with van der Waals surface area (Å²) in [6.07, 6.45) is 1.73. The molecule has 0 saturated heterocycles. The first-order valence-corrected chi connectivity index (χ1v) is 11.3. The number of anilines is 2. The van der Waals surface area contributed by atoms with E-state index in [1.165, 1.54) is 11.8 Å². The number of aromatic nitrogens is 2. The number of hydrogen-bond acceptors (Lipinski definition) is 5. The standard InChI is InChI=1S/C25H24N4O3S/c1-16-12-17(2)29-14-21(27-23(29)13-16)25(31)28-20-6-4-5-7-22(20)33-15-24(30)26-18-8-10-19(32-3)11-9-18/h4-14H,15H2,1-3H3,(H,26,30)(H,28,31). The van der Waals surface area contributed by atoms with Crippen LogP contribution in [0.1, 0.15) is 21.7 Å². The van der Waals surface area contributed by atoms with E-state index >= 15 is 0 Å². The van der Waals surface area contributed by atoms with Crippen LogP contribution >= 0.6 is 11.8 Å². The van der Waals surface area contributed by atoms with Gasteiger partial charge in [0.1, 0.15) is 17.1 Å². The molecule has 0 aliphatic carbocycles. The van der Waals surface area contributed by atoms with Crippen molar-refractivity contribution in [3.8, 4) is 5.75 Å². The fraction of sp³-hybridized carbons (Fsp3) is 0.160. The summed E-state index contributed by atoms with van der Waals surface area (Å²) >= 11 is 1.35. The fourth-order valence-electron chi connectivity index (χ4n) is 3.43. The number of ether oxygens (including phenoxy) is 1. The van der Waals surface area contributed by atoms with E-state index in [1.54, 1.807) is 37.6 Å². The van der Waals surface area contributed by atoms with E-state index in [1.807, 2.05) is 54.6 Å². The predicted octanol–water partition coefficient (Wildman–Crippen LogP) is 4.94. The third-order valence-corrected chi connectivity index (χ3v) is 6.08. The van der Waals surface area contributed by atoms with Crippen molar-refractivity contribution in [2.24, 2.45) is 0 Å². The lowest BCUT2D eigenvalue weighted by atomic mass is 10.2. The molecule has 0 unspecified atom stereocenters. The third-order valence-electron chi connectivity index (χ3n) is 5.01. The van der Waals surface area contributed by atoms with Crippen LogP contribution in [0, 0.1) is 13.8 Å². The summed E-state index contributed by atoms with van der Waals surface area (Å²) < 4.78 is 7.02. The van der Waals surface area contributed by atoms with Crippen molar-refractivity contribution in [3.63, 3.8) is 0 Å². The highest BCUT2D eigenvalue weighted by atomic mass is 32.2. The van der Waals surface area contributed by atoms with Gasteiger partial charge in [-0.1, -0.05) is 12.1 Å². The SMILES string of the molecule is COc1ccc(NC(=O)CSc2ccccc2NC(=O)c2cn3c(C)cc(C)cc3n2)cc1. The summed E-state index contributed by atoms with van der Waals surface area (Å²) in [5, 5.41) is 5.79. The molecule has 2 amide bonds. The number of thioether (sulfide) groups is 1. The number of nitrogens with zero attached hydrogens (tertiary/aromatic N) is 2. The highest BCUT2D eigenvalue weighted by Gasteiger charge is 2.15. The number of rotatable bonds is 7. The number of carbonyl (C=O) groups is 2. The van der Waals surface area contributed by atoms with E-state index in [-0.39, 0.29) is 17.6 Å². The zero-order valence-electron chi connectivity index (χ0n) is 18.6. The van der Waals surface area contributed by atoms with Crippen LogP contribution in [0.25, 0.3) is 5.65 Å². The summed E-state index contributed by atoms with van der Waals surface area (Å²) in [6.45, 7) is 3.98. The van der Waals surface area contributed by atoms with Gasteiger partial charge in [-0.25, -0.2) is 4.98 Å². The number of hydrogen-bond donors (Lipinski definition) is 2. The van der Waals surface area contributed by atoms with Gasteiger partial charge >= 0.3 is 0 Å². The van der Waals surface area contributed by atoms with Gasteiger partial charge in [-0.3, -0.25) is 9.59 Å². The van der Waals surface area contributed by atoms with Gasteiger partial charge in [0.2, 0.25) is 5.91 Å². The molecule has 2 aromatic heterocycles. The Morgan fingerprint density at radius 3 is 2.55 bits per heavy atom. The Labute approximate surface area is 196 Å². The van der Waals surface area contributed by atoms with Crippen molar-refractivity contribution in [3.05, 3.63) is 83.8 Å². The summed E-state index contributed by atoms with van der Waals surface area (Å²) in [5.74, 6) is 0.484. The smallest absolute Gasteiger partial charge is 0.275 e. The van der Waals surface area contributed by atoms with E-state index in [9.17, 15) is 9.59 Å². The van der Waals surface area contributed by atoms with E-state index < -0.39 is 0 Å². The van der Waals surface area contributed by atoms with Gasteiger partial charge in [0.15, 0.2) is 0 Å². The molecule has 0 radical (unpaired) electrons. The molecule has 4 rings (SSSR count). The van der Waals surface area contributed by atoms with Crippen LogP contribution in [0.3, 0.4) is 0 Å². The second-order valence-electron chi connectivity index (χ2n) is 7.54. The second kappa shape index (κ2) is 9.79. The first kappa shape index (κ1) is 22.4. The Balaban J connectivity index is 1.42. The fourth-order valence-corrected chi connectivity index (χ4v) is 4.24. The van der Waals surface area contributed by atoms with Crippen LogP contribution in [-0.2, 0) is 4.79 Å². The molecular formula is C25H24N4O3S. The van der Waals surface area contributed by atoms with Crippen molar-refractivity contribution in [1.82, 2.24) is 9.38 Å². The normalized spacial score (nSPS) is 10.8. The zero-order valence-corrected chi connectivity index (χ0v) is 19.4. The first-order chi connectivity index (χ1) is 15.9. The maximum absolute atomic E-state index is 12.9. The Kier molecular flexibility index (Phi) is 6.65. The average molecular weight is 461 g/mol. The quantitative estimate of drug-likeness (QED) is 0.382. The lowest BCUT2D eigenvalue weighted by Crippen LogP contribution is -2.15. The van der Waals surface area contributed by atoms with Crippen LogP contribution < -0.4 is 15.4 Å². The molecule has 33 heavy (non-hydrogen) atoms. The molecule has 0 fully saturated rings. The topological polar surface area (TPSA) is 84.7 Å². The van der Waals surface area contributed by atoms with Gasteiger partial charge in [-0.2, -0.15) is 0 Å². The number of nitrogens with one attached hydrogen (secondary N) is 2. The summed E-state index contributed by atoms with van der Waals surface area (Å²) in [4.78, 5) is 30.5. The molecule has 0 aliphatic rings. The third kappa shape index (κ3) is 5.35. The van der Waals surface area contributed by atoms with Gasteiger partial charge in [0.05, 0.1) is 18.6 Å². The highest BCUT2D eigenvalue weighted by Crippen LogP contribution is 2.28.